The molecule has 0 saturated heterocycles. The Kier molecular flexibility index (Phi) is 5.77. The van der Waals surface area contributed by atoms with Crippen LogP contribution in [0.2, 0.25) is 0 Å². The second-order valence-corrected chi connectivity index (χ2v) is 3.11. The third kappa shape index (κ3) is 3.94. The van der Waals surface area contributed by atoms with E-state index in [-0.39, 0.29) is 0 Å². The largest absolute Gasteiger partial charge is 0.393 e. The lowest BCUT2D eigenvalue weighted by molar-refractivity contribution is 0.797. The normalized spacial score (nSPS) is 12.1. The Balaban J connectivity index is 4.07. The monoisotopic (exact) mass is 170 g/mol. The second-order valence-electron chi connectivity index (χ2n) is 2.26. The van der Waals surface area contributed by atoms with Crippen molar-refractivity contribution in [2.24, 2.45) is 5.73 Å². The molecule has 0 radical (unpaired) electrons. The van der Waals surface area contributed by atoms with Crippen LogP contribution in [-0.4, -0.2) is 6.26 Å². The third-order valence-electron chi connectivity index (χ3n) is 1.43. The first-order chi connectivity index (χ1) is 5.26. The molecule has 0 aromatic carbocycles. The zero-order valence-electron chi connectivity index (χ0n) is 7.05. The van der Waals surface area contributed by atoms with Gasteiger partial charge in [-0.25, -0.2) is 0 Å². The van der Waals surface area contributed by atoms with Crippen LogP contribution in [0.4, 0.5) is 0 Å². The molecule has 0 atom stereocenters. The van der Waals surface area contributed by atoms with E-state index in [0.717, 1.165) is 24.8 Å². The summed E-state index contributed by atoms with van der Waals surface area (Å²) in [5.41, 5.74) is 6.32. The molecule has 0 aliphatic carbocycles. The maximum atomic E-state index is 8.65. The first kappa shape index (κ1) is 10.4. The van der Waals surface area contributed by atoms with Crippen molar-refractivity contribution in [1.82, 2.24) is 0 Å². The molecule has 0 fully saturated rings. The fourth-order valence-corrected chi connectivity index (χ4v) is 1.11. The average Bonchev–Trinajstić information content (AvgIpc) is 2.05. The van der Waals surface area contributed by atoms with Gasteiger partial charge >= 0.3 is 0 Å². The van der Waals surface area contributed by atoms with Gasteiger partial charge in [0.25, 0.3) is 0 Å². The van der Waals surface area contributed by atoms with Gasteiger partial charge in [-0.3, -0.25) is 0 Å². The summed E-state index contributed by atoms with van der Waals surface area (Å²) in [5.74, 6) is 0. The average molecular weight is 170 g/mol. The molecule has 0 saturated carbocycles. The van der Waals surface area contributed by atoms with Gasteiger partial charge in [0, 0.05) is 0 Å². The molecule has 0 heterocycles. The molecule has 0 aliphatic rings. The summed E-state index contributed by atoms with van der Waals surface area (Å²) in [6.45, 7) is 2.10. The van der Waals surface area contributed by atoms with Crippen LogP contribution in [0, 0.1) is 11.3 Å². The van der Waals surface area contributed by atoms with Gasteiger partial charge in [-0.05, 0) is 19.1 Å². The standard InChI is InChI=1S/C8H14N2S/c1-3-4-5-7(6-9)8(10)11-2/h3-5,10H2,1-2H3/b8-7+. The summed E-state index contributed by atoms with van der Waals surface area (Å²) in [5, 5.41) is 9.32. The zero-order chi connectivity index (χ0) is 8.69. The number of nitrogens with two attached hydrogens (primary N) is 1. The first-order valence-electron chi connectivity index (χ1n) is 3.69. The van der Waals surface area contributed by atoms with Gasteiger partial charge in [-0.15, -0.1) is 11.8 Å². The molecule has 62 valence electrons. The topological polar surface area (TPSA) is 49.8 Å². The molecule has 0 rings (SSSR count). The number of allylic oxidation sites excluding steroid dienone is 1. The Bertz CT molecular complexity index is 179. The van der Waals surface area contributed by atoms with Crippen molar-refractivity contribution in [2.45, 2.75) is 26.2 Å². The maximum Gasteiger partial charge on any atom is 0.0974 e. The number of nitriles is 1. The van der Waals surface area contributed by atoms with E-state index in [0.29, 0.717) is 5.03 Å². The van der Waals surface area contributed by atoms with Crippen LogP contribution >= 0.6 is 11.8 Å². The van der Waals surface area contributed by atoms with Crippen LogP contribution in [-0.2, 0) is 0 Å². The highest BCUT2D eigenvalue weighted by atomic mass is 32.2. The van der Waals surface area contributed by atoms with E-state index in [1.165, 1.54) is 11.8 Å². The minimum Gasteiger partial charge on any atom is -0.393 e. The molecule has 2 N–H and O–H groups in total. The Hall–Kier alpha value is -0.620. The van der Waals surface area contributed by atoms with E-state index in [2.05, 4.69) is 13.0 Å². The number of hydrogen-bond acceptors (Lipinski definition) is 3. The maximum absolute atomic E-state index is 8.65. The summed E-state index contributed by atoms with van der Waals surface area (Å²) in [6.07, 6.45) is 4.86. The van der Waals surface area contributed by atoms with Gasteiger partial charge < -0.3 is 5.73 Å². The molecule has 0 aliphatic heterocycles. The SMILES string of the molecule is CCCC/C(C#N)=C(/N)SC. The van der Waals surface area contributed by atoms with Crippen molar-refractivity contribution in [2.75, 3.05) is 6.26 Å². The van der Waals surface area contributed by atoms with Gasteiger partial charge in [-0.2, -0.15) is 5.26 Å². The fourth-order valence-electron chi connectivity index (χ4n) is 0.711. The fraction of sp³-hybridized carbons (Fsp3) is 0.625. The van der Waals surface area contributed by atoms with Crippen molar-refractivity contribution in [1.29, 1.82) is 5.26 Å². The lowest BCUT2D eigenvalue weighted by atomic mass is 10.1. The van der Waals surface area contributed by atoms with Gasteiger partial charge in [-0.1, -0.05) is 13.3 Å². The number of unbranched alkanes of at least 4 members (excludes halogenated alkanes) is 1. The molecule has 3 heteroatoms. The number of thioether (sulfide) groups is 1. The van der Waals surface area contributed by atoms with E-state index in [9.17, 15) is 0 Å². The molecule has 0 aromatic rings. The molecular formula is C8H14N2S. The zero-order valence-corrected chi connectivity index (χ0v) is 7.87. The number of hydrogen-bond donors (Lipinski definition) is 1. The quantitative estimate of drug-likeness (QED) is 0.658. The van der Waals surface area contributed by atoms with E-state index in [4.69, 9.17) is 11.0 Å². The third-order valence-corrected chi connectivity index (χ3v) is 2.12. The summed E-state index contributed by atoms with van der Waals surface area (Å²) in [4.78, 5) is 0. The lowest BCUT2D eigenvalue weighted by Crippen LogP contribution is -1.96. The van der Waals surface area contributed by atoms with E-state index < -0.39 is 0 Å². The predicted molar refractivity (Wildman–Crippen MR) is 49.9 cm³/mol. The number of rotatable bonds is 4. The molecule has 0 spiro atoms. The van der Waals surface area contributed by atoms with E-state index in [1.807, 2.05) is 6.26 Å². The summed E-state index contributed by atoms with van der Waals surface area (Å²) in [6, 6.07) is 2.12. The molecule has 11 heavy (non-hydrogen) atoms. The van der Waals surface area contributed by atoms with Crippen molar-refractivity contribution in [3.8, 4) is 6.07 Å². The minimum absolute atomic E-state index is 0.668. The van der Waals surface area contributed by atoms with Crippen molar-refractivity contribution < 1.29 is 0 Å². The molecule has 0 unspecified atom stereocenters. The second kappa shape index (κ2) is 6.11. The highest BCUT2D eigenvalue weighted by molar-refractivity contribution is 8.02. The molecule has 0 bridgehead atoms. The van der Waals surface area contributed by atoms with Crippen molar-refractivity contribution in [3.05, 3.63) is 10.6 Å². The summed E-state index contributed by atoms with van der Waals surface area (Å²) in [7, 11) is 0. The van der Waals surface area contributed by atoms with Crippen molar-refractivity contribution >= 4 is 11.8 Å². The highest BCUT2D eigenvalue weighted by Gasteiger charge is 1.99. The first-order valence-corrected chi connectivity index (χ1v) is 4.91. The van der Waals surface area contributed by atoms with Crippen LogP contribution in [0.1, 0.15) is 26.2 Å². The Morgan fingerprint density at radius 2 is 2.27 bits per heavy atom. The molecule has 0 aromatic heterocycles. The van der Waals surface area contributed by atoms with Crippen LogP contribution in [0.15, 0.2) is 10.6 Å². The Morgan fingerprint density at radius 3 is 2.64 bits per heavy atom. The number of nitrogens with zero attached hydrogens (tertiary/aromatic N) is 1. The van der Waals surface area contributed by atoms with Crippen LogP contribution in [0.5, 0.6) is 0 Å². The van der Waals surface area contributed by atoms with Gasteiger partial charge in [0.15, 0.2) is 0 Å². The van der Waals surface area contributed by atoms with Gasteiger partial charge in [0.1, 0.15) is 0 Å². The van der Waals surface area contributed by atoms with Crippen LogP contribution in [0.3, 0.4) is 0 Å². The predicted octanol–water partition coefficient (Wildman–Crippen LogP) is 2.23. The summed E-state index contributed by atoms with van der Waals surface area (Å²) >= 11 is 1.44. The van der Waals surface area contributed by atoms with Crippen molar-refractivity contribution in [3.63, 3.8) is 0 Å². The smallest absolute Gasteiger partial charge is 0.0974 e. The molecular weight excluding hydrogens is 156 g/mol. The van der Waals surface area contributed by atoms with E-state index >= 15 is 0 Å². The van der Waals surface area contributed by atoms with E-state index in [1.54, 1.807) is 0 Å². The van der Waals surface area contributed by atoms with Crippen LogP contribution < -0.4 is 5.73 Å². The minimum atomic E-state index is 0.668. The molecule has 2 nitrogen and oxygen atoms in total. The summed E-state index contributed by atoms with van der Waals surface area (Å²) < 4.78 is 0. The van der Waals surface area contributed by atoms with Gasteiger partial charge in [0.05, 0.1) is 16.7 Å². The van der Waals surface area contributed by atoms with Crippen LogP contribution in [0.25, 0.3) is 0 Å². The lowest BCUT2D eigenvalue weighted by Gasteiger charge is -2.00. The molecule has 0 amide bonds. The highest BCUT2D eigenvalue weighted by Crippen LogP contribution is 2.15. The van der Waals surface area contributed by atoms with Gasteiger partial charge in [0.2, 0.25) is 0 Å². The Labute approximate surface area is 72.5 Å². The Morgan fingerprint density at radius 1 is 1.64 bits per heavy atom.